The minimum atomic E-state index is -0.210. The van der Waals surface area contributed by atoms with E-state index in [1.165, 1.54) is 11.3 Å². The lowest BCUT2D eigenvalue weighted by Gasteiger charge is -2.51. The maximum atomic E-state index is 6.41. The number of nitrogens with zero attached hydrogens (tertiary/aromatic N) is 2. The molecule has 0 amide bonds. The maximum Gasteiger partial charge on any atom is 0.164 e. The number of hydrogen-bond acceptors (Lipinski definition) is 5. The van der Waals surface area contributed by atoms with Crippen LogP contribution in [0.3, 0.4) is 0 Å². The van der Waals surface area contributed by atoms with Crippen LogP contribution in [0.15, 0.2) is 11.3 Å². The van der Waals surface area contributed by atoms with Gasteiger partial charge in [-0.2, -0.15) is 0 Å². The third-order valence-corrected chi connectivity index (χ3v) is 4.35. The van der Waals surface area contributed by atoms with Gasteiger partial charge in [-0.05, 0) is 53.9 Å². The quantitative estimate of drug-likeness (QED) is 0.845. The number of hydrazine groups is 1. The van der Waals surface area contributed by atoms with Crippen molar-refractivity contribution >= 4 is 0 Å². The van der Waals surface area contributed by atoms with Crippen molar-refractivity contribution in [2.45, 2.75) is 78.5 Å². The first-order chi connectivity index (χ1) is 10.4. The molecule has 2 aliphatic rings. The lowest BCUT2D eigenvalue weighted by atomic mass is 9.88. The second-order valence-corrected chi connectivity index (χ2v) is 8.80. The number of nitrogens with one attached hydrogen (secondary N) is 1. The van der Waals surface area contributed by atoms with E-state index < -0.39 is 0 Å². The zero-order valence-electron chi connectivity index (χ0n) is 16.4. The Bertz CT molecular complexity index is 462. The molecule has 1 N–H and O–H groups in total. The van der Waals surface area contributed by atoms with E-state index in [2.05, 4.69) is 77.9 Å². The number of rotatable bonds is 2. The molecule has 0 fully saturated rings. The molecule has 23 heavy (non-hydrogen) atoms. The first kappa shape index (κ1) is 18.7. The normalized spacial score (nSPS) is 31.1. The predicted molar refractivity (Wildman–Crippen MR) is 93.6 cm³/mol. The van der Waals surface area contributed by atoms with Gasteiger partial charge in [-0.25, -0.2) is 10.0 Å². The molecular formula is C18H35N3O2. The summed E-state index contributed by atoms with van der Waals surface area (Å²) in [5.41, 5.74) is 2.11. The summed E-state index contributed by atoms with van der Waals surface area (Å²) >= 11 is 0. The second-order valence-electron chi connectivity index (χ2n) is 8.80. The molecule has 5 nitrogen and oxygen atoms in total. The van der Waals surface area contributed by atoms with E-state index in [9.17, 15) is 0 Å². The van der Waals surface area contributed by atoms with Crippen LogP contribution in [0.5, 0.6) is 0 Å². The summed E-state index contributed by atoms with van der Waals surface area (Å²) in [6.45, 7) is 15.9. The van der Waals surface area contributed by atoms with Gasteiger partial charge in [-0.1, -0.05) is 6.92 Å². The van der Waals surface area contributed by atoms with Gasteiger partial charge in [0.1, 0.15) is 6.23 Å². The van der Waals surface area contributed by atoms with Crippen LogP contribution in [0.25, 0.3) is 0 Å². The molecule has 0 aliphatic carbocycles. The van der Waals surface area contributed by atoms with Crippen LogP contribution in [0.2, 0.25) is 0 Å². The largest absolute Gasteiger partial charge is 0.385 e. The van der Waals surface area contributed by atoms with E-state index in [0.717, 1.165) is 13.0 Å². The number of likely N-dealkylation sites (N-methyl/N-ethyl adjacent to an activating group) is 2. The maximum absolute atomic E-state index is 6.41. The van der Waals surface area contributed by atoms with Gasteiger partial charge >= 0.3 is 0 Å². The molecule has 0 spiro atoms. The summed E-state index contributed by atoms with van der Waals surface area (Å²) < 4.78 is 12.8. The highest BCUT2D eigenvalue weighted by Gasteiger charge is 2.44. The molecule has 0 bridgehead atoms. The molecule has 0 aromatic heterocycles. The Labute approximate surface area is 142 Å². The highest BCUT2D eigenvalue weighted by molar-refractivity contribution is 5.27. The molecule has 3 unspecified atom stereocenters. The molecule has 2 heterocycles. The lowest BCUT2D eigenvalue weighted by molar-refractivity contribution is -0.245. The average molecular weight is 325 g/mol. The van der Waals surface area contributed by atoms with Crippen LogP contribution in [0.1, 0.15) is 54.9 Å². The van der Waals surface area contributed by atoms with Gasteiger partial charge in [0.15, 0.2) is 6.23 Å². The Hall–Kier alpha value is -0.620. The molecule has 0 saturated heterocycles. The Morgan fingerprint density at radius 2 is 1.39 bits per heavy atom. The molecular weight excluding hydrogens is 290 g/mol. The fraction of sp³-hybridized carbons (Fsp3) is 0.889. The van der Waals surface area contributed by atoms with Crippen molar-refractivity contribution in [2.75, 3.05) is 20.6 Å². The minimum Gasteiger partial charge on any atom is -0.385 e. The van der Waals surface area contributed by atoms with Gasteiger partial charge in [-0.15, -0.1) is 0 Å². The van der Waals surface area contributed by atoms with Crippen molar-refractivity contribution in [2.24, 2.45) is 5.92 Å². The van der Waals surface area contributed by atoms with Crippen LogP contribution < -0.4 is 5.32 Å². The molecule has 0 aromatic rings. The second kappa shape index (κ2) is 6.36. The molecule has 3 atom stereocenters. The molecule has 5 heteroatoms. The van der Waals surface area contributed by atoms with Gasteiger partial charge in [-0.3, -0.25) is 0 Å². The zero-order chi connectivity index (χ0) is 17.6. The predicted octanol–water partition coefficient (Wildman–Crippen LogP) is 2.94. The van der Waals surface area contributed by atoms with Gasteiger partial charge < -0.3 is 14.8 Å². The van der Waals surface area contributed by atoms with Crippen LogP contribution in [-0.4, -0.2) is 54.3 Å². The van der Waals surface area contributed by atoms with Gasteiger partial charge in [0.05, 0.1) is 16.9 Å². The molecule has 0 saturated carbocycles. The summed E-state index contributed by atoms with van der Waals surface area (Å²) in [6, 6.07) is 0. The van der Waals surface area contributed by atoms with Crippen molar-refractivity contribution < 1.29 is 9.47 Å². The van der Waals surface area contributed by atoms with E-state index in [1.54, 1.807) is 0 Å². The number of hydrogen-bond donors (Lipinski definition) is 1. The number of ether oxygens (including phenoxy) is 2. The van der Waals surface area contributed by atoms with E-state index >= 15 is 0 Å². The highest BCUT2D eigenvalue weighted by atomic mass is 16.5. The van der Waals surface area contributed by atoms with Crippen molar-refractivity contribution in [3.8, 4) is 0 Å². The summed E-state index contributed by atoms with van der Waals surface area (Å²) in [4.78, 5) is 0. The van der Waals surface area contributed by atoms with Crippen molar-refractivity contribution in [1.82, 2.24) is 15.3 Å². The topological polar surface area (TPSA) is 37.0 Å². The van der Waals surface area contributed by atoms with E-state index in [1.807, 2.05) is 0 Å². The average Bonchev–Trinajstić information content (AvgIpc) is 2.37. The fourth-order valence-electron chi connectivity index (χ4n) is 3.22. The van der Waals surface area contributed by atoms with Crippen molar-refractivity contribution in [3.05, 3.63) is 11.3 Å². The Kier molecular flexibility index (Phi) is 5.17. The SMILES string of the molecule is CC1CCNC2=C1C(OC(C)(C)C)N(C)N(C)C2OC(C)(C)C. The highest BCUT2D eigenvalue weighted by Crippen LogP contribution is 2.38. The summed E-state index contributed by atoms with van der Waals surface area (Å²) in [5, 5.41) is 7.91. The molecule has 2 aliphatic heterocycles. The smallest absolute Gasteiger partial charge is 0.164 e. The first-order valence-electron chi connectivity index (χ1n) is 8.70. The standard InChI is InChI=1S/C18H35N3O2/c1-12-10-11-19-14-13(12)15(22-17(2,3)4)20(8)21(9)16(14)23-18(5,6)7/h12,15-16,19H,10-11H2,1-9H3. The van der Waals surface area contributed by atoms with Crippen LogP contribution in [-0.2, 0) is 9.47 Å². The molecule has 134 valence electrons. The van der Waals surface area contributed by atoms with Crippen LogP contribution >= 0.6 is 0 Å². The minimum absolute atomic E-state index is 0.0578. The fourth-order valence-corrected chi connectivity index (χ4v) is 3.22. The summed E-state index contributed by atoms with van der Waals surface area (Å²) in [7, 11) is 4.15. The summed E-state index contributed by atoms with van der Waals surface area (Å²) in [5.74, 6) is 0.487. The van der Waals surface area contributed by atoms with Gasteiger partial charge in [0.25, 0.3) is 0 Å². The molecule has 0 radical (unpaired) electrons. The zero-order valence-corrected chi connectivity index (χ0v) is 16.4. The van der Waals surface area contributed by atoms with Gasteiger partial charge in [0.2, 0.25) is 0 Å². The van der Waals surface area contributed by atoms with Crippen LogP contribution in [0.4, 0.5) is 0 Å². The Balaban J connectivity index is 2.45. The molecule has 2 rings (SSSR count). The van der Waals surface area contributed by atoms with Crippen LogP contribution in [0, 0.1) is 5.92 Å². The third kappa shape index (κ3) is 4.27. The molecule has 0 aromatic carbocycles. The van der Waals surface area contributed by atoms with E-state index in [4.69, 9.17) is 9.47 Å². The monoisotopic (exact) mass is 325 g/mol. The Morgan fingerprint density at radius 3 is 1.91 bits per heavy atom. The van der Waals surface area contributed by atoms with E-state index in [-0.39, 0.29) is 23.7 Å². The van der Waals surface area contributed by atoms with Crippen molar-refractivity contribution in [3.63, 3.8) is 0 Å². The van der Waals surface area contributed by atoms with Gasteiger partial charge in [0, 0.05) is 26.2 Å². The Morgan fingerprint density at radius 1 is 0.913 bits per heavy atom. The lowest BCUT2D eigenvalue weighted by Crippen LogP contribution is -2.62. The first-order valence-corrected chi connectivity index (χ1v) is 8.70. The van der Waals surface area contributed by atoms with Crippen molar-refractivity contribution in [1.29, 1.82) is 0 Å². The van der Waals surface area contributed by atoms with E-state index in [0.29, 0.717) is 5.92 Å². The third-order valence-electron chi connectivity index (χ3n) is 4.35. The summed E-state index contributed by atoms with van der Waals surface area (Å²) in [6.07, 6.45) is 0.970.